The standard InChI is InChI=1S/C14H18N4/c1-10-5-2-3-7-12(10)18-14-11-6-4-8-15-13(11)16-9-17-14/h4,6,8-10,12H,2-3,5,7H2,1H3,(H,15,16,17,18). The van der Waals surface area contributed by atoms with Gasteiger partial charge in [0.1, 0.15) is 12.1 Å². The Hall–Kier alpha value is -1.71. The molecule has 2 aromatic rings. The first kappa shape index (κ1) is 11.4. The average Bonchev–Trinajstić information content (AvgIpc) is 2.42. The number of nitrogens with zero attached hydrogens (tertiary/aromatic N) is 3. The molecule has 2 heterocycles. The summed E-state index contributed by atoms with van der Waals surface area (Å²) in [6.45, 7) is 2.32. The summed E-state index contributed by atoms with van der Waals surface area (Å²) in [5.74, 6) is 1.63. The van der Waals surface area contributed by atoms with E-state index in [1.807, 2.05) is 12.1 Å². The molecule has 0 spiro atoms. The second-order valence-electron chi connectivity index (χ2n) is 5.11. The molecule has 4 heteroatoms. The van der Waals surface area contributed by atoms with E-state index in [-0.39, 0.29) is 0 Å². The summed E-state index contributed by atoms with van der Waals surface area (Å²) < 4.78 is 0. The van der Waals surface area contributed by atoms with Crippen molar-refractivity contribution >= 4 is 16.9 Å². The van der Waals surface area contributed by atoms with E-state index in [9.17, 15) is 0 Å². The Morgan fingerprint density at radius 3 is 2.94 bits per heavy atom. The van der Waals surface area contributed by atoms with Gasteiger partial charge >= 0.3 is 0 Å². The topological polar surface area (TPSA) is 50.7 Å². The van der Waals surface area contributed by atoms with E-state index in [2.05, 4.69) is 27.2 Å². The molecule has 1 aliphatic rings. The molecule has 0 bridgehead atoms. The van der Waals surface area contributed by atoms with Crippen molar-refractivity contribution in [3.63, 3.8) is 0 Å². The summed E-state index contributed by atoms with van der Waals surface area (Å²) >= 11 is 0. The number of fused-ring (bicyclic) bond motifs is 1. The number of nitrogens with one attached hydrogen (secondary N) is 1. The molecule has 1 N–H and O–H groups in total. The molecule has 0 aromatic carbocycles. The fourth-order valence-electron chi connectivity index (χ4n) is 2.72. The Morgan fingerprint density at radius 2 is 2.06 bits per heavy atom. The molecule has 2 unspecified atom stereocenters. The van der Waals surface area contributed by atoms with Gasteiger partial charge in [0, 0.05) is 12.2 Å². The van der Waals surface area contributed by atoms with Crippen molar-refractivity contribution in [1.82, 2.24) is 15.0 Å². The smallest absolute Gasteiger partial charge is 0.164 e. The van der Waals surface area contributed by atoms with Crippen molar-refractivity contribution in [2.24, 2.45) is 5.92 Å². The van der Waals surface area contributed by atoms with Crippen LogP contribution in [0.3, 0.4) is 0 Å². The van der Waals surface area contributed by atoms with E-state index in [0.29, 0.717) is 12.0 Å². The zero-order valence-electron chi connectivity index (χ0n) is 10.6. The van der Waals surface area contributed by atoms with Gasteiger partial charge in [0.05, 0.1) is 5.39 Å². The van der Waals surface area contributed by atoms with Gasteiger partial charge < -0.3 is 5.32 Å². The van der Waals surface area contributed by atoms with Crippen molar-refractivity contribution in [3.05, 3.63) is 24.7 Å². The maximum atomic E-state index is 4.37. The van der Waals surface area contributed by atoms with Crippen LogP contribution in [0.4, 0.5) is 5.82 Å². The summed E-state index contributed by atoms with van der Waals surface area (Å²) in [6, 6.07) is 4.48. The fraction of sp³-hybridized carbons (Fsp3) is 0.500. The van der Waals surface area contributed by atoms with E-state index in [1.165, 1.54) is 25.7 Å². The van der Waals surface area contributed by atoms with Gasteiger partial charge in [-0.2, -0.15) is 0 Å². The van der Waals surface area contributed by atoms with Gasteiger partial charge in [0.2, 0.25) is 0 Å². The van der Waals surface area contributed by atoms with Crippen LogP contribution in [0.5, 0.6) is 0 Å². The predicted octanol–water partition coefficient (Wildman–Crippen LogP) is 3.02. The molecule has 0 radical (unpaired) electrons. The summed E-state index contributed by atoms with van der Waals surface area (Å²) in [7, 11) is 0. The molecule has 0 amide bonds. The molecule has 18 heavy (non-hydrogen) atoms. The molecule has 2 aromatic heterocycles. The third kappa shape index (κ3) is 2.15. The Labute approximate surface area is 107 Å². The number of rotatable bonds is 2. The van der Waals surface area contributed by atoms with Gasteiger partial charge in [-0.1, -0.05) is 19.8 Å². The van der Waals surface area contributed by atoms with Crippen LogP contribution >= 0.6 is 0 Å². The number of pyridine rings is 1. The van der Waals surface area contributed by atoms with Crippen LogP contribution in [0, 0.1) is 5.92 Å². The van der Waals surface area contributed by atoms with Crippen LogP contribution in [0.15, 0.2) is 24.7 Å². The second-order valence-corrected chi connectivity index (χ2v) is 5.11. The van der Waals surface area contributed by atoms with Gasteiger partial charge in [-0.05, 0) is 30.9 Å². The molecule has 94 valence electrons. The molecule has 4 nitrogen and oxygen atoms in total. The Kier molecular flexibility index (Phi) is 3.09. The van der Waals surface area contributed by atoms with Crippen LogP contribution in [0.2, 0.25) is 0 Å². The van der Waals surface area contributed by atoms with E-state index in [0.717, 1.165) is 16.9 Å². The highest BCUT2D eigenvalue weighted by molar-refractivity contribution is 5.85. The van der Waals surface area contributed by atoms with Gasteiger partial charge in [-0.3, -0.25) is 0 Å². The molecule has 2 atom stereocenters. The SMILES string of the molecule is CC1CCCCC1Nc1ncnc2ncccc12. The first-order valence-corrected chi connectivity index (χ1v) is 6.67. The summed E-state index contributed by atoms with van der Waals surface area (Å²) in [5.41, 5.74) is 0.762. The van der Waals surface area contributed by atoms with Crippen molar-refractivity contribution < 1.29 is 0 Å². The number of hydrogen-bond acceptors (Lipinski definition) is 4. The lowest BCUT2D eigenvalue weighted by molar-refractivity contribution is 0.349. The first-order chi connectivity index (χ1) is 8.84. The summed E-state index contributed by atoms with van der Waals surface area (Å²) in [4.78, 5) is 12.8. The van der Waals surface area contributed by atoms with E-state index in [1.54, 1.807) is 12.5 Å². The highest BCUT2D eigenvalue weighted by Gasteiger charge is 2.21. The lowest BCUT2D eigenvalue weighted by Gasteiger charge is -2.30. The van der Waals surface area contributed by atoms with Crippen molar-refractivity contribution in [1.29, 1.82) is 0 Å². The fourth-order valence-corrected chi connectivity index (χ4v) is 2.72. The number of aromatic nitrogens is 3. The summed E-state index contributed by atoms with van der Waals surface area (Å²) in [6.07, 6.45) is 8.55. The van der Waals surface area contributed by atoms with Gasteiger partial charge in [0.15, 0.2) is 5.65 Å². The van der Waals surface area contributed by atoms with Gasteiger partial charge in [-0.15, -0.1) is 0 Å². The first-order valence-electron chi connectivity index (χ1n) is 6.67. The third-order valence-corrected chi connectivity index (χ3v) is 3.84. The minimum Gasteiger partial charge on any atom is -0.366 e. The van der Waals surface area contributed by atoms with Gasteiger partial charge in [-0.25, -0.2) is 15.0 Å². The molecule has 0 aliphatic heterocycles. The molecule has 1 fully saturated rings. The van der Waals surface area contributed by atoms with E-state index >= 15 is 0 Å². The normalized spacial score (nSPS) is 24.1. The van der Waals surface area contributed by atoms with Gasteiger partial charge in [0.25, 0.3) is 0 Å². The minimum absolute atomic E-state index is 0.525. The molecular formula is C14H18N4. The predicted molar refractivity (Wildman–Crippen MR) is 72.4 cm³/mol. The molecule has 0 saturated heterocycles. The molecule has 1 aliphatic carbocycles. The van der Waals surface area contributed by atoms with Crippen molar-refractivity contribution in [3.8, 4) is 0 Å². The summed E-state index contributed by atoms with van der Waals surface area (Å²) in [5, 5.41) is 4.59. The molecule has 3 rings (SSSR count). The minimum atomic E-state index is 0.525. The lowest BCUT2D eigenvalue weighted by atomic mass is 9.86. The van der Waals surface area contributed by atoms with Crippen LogP contribution in [-0.2, 0) is 0 Å². The van der Waals surface area contributed by atoms with Crippen LogP contribution in [-0.4, -0.2) is 21.0 Å². The monoisotopic (exact) mass is 242 g/mol. The van der Waals surface area contributed by atoms with Crippen LogP contribution in [0.25, 0.3) is 11.0 Å². The highest BCUT2D eigenvalue weighted by atomic mass is 15.1. The number of anilines is 1. The van der Waals surface area contributed by atoms with Crippen LogP contribution < -0.4 is 5.32 Å². The third-order valence-electron chi connectivity index (χ3n) is 3.84. The van der Waals surface area contributed by atoms with Crippen LogP contribution in [0.1, 0.15) is 32.6 Å². The van der Waals surface area contributed by atoms with Crippen molar-refractivity contribution in [2.75, 3.05) is 5.32 Å². The zero-order chi connectivity index (χ0) is 12.4. The lowest BCUT2D eigenvalue weighted by Crippen LogP contribution is -2.30. The molecule has 1 saturated carbocycles. The Morgan fingerprint density at radius 1 is 1.17 bits per heavy atom. The quantitative estimate of drug-likeness (QED) is 0.879. The maximum Gasteiger partial charge on any atom is 0.164 e. The Balaban J connectivity index is 1.90. The Bertz CT molecular complexity index is 535. The number of hydrogen-bond donors (Lipinski definition) is 1. The second kappa shape index (κ2) is 4.88. The molecular weight excluding hydrogens is 224 g/mol. The largest absolute Gasteiger partial charge is 0.366 e. The maximum absolute atomic E-state index is 4.37. The van der Waals surface area contributed by atoms with Crippen molar-refractivity contribution in [2.45, 2.75) is 38.6 Å². The average molecular weight is 242 g/mol. The highest BCUT2D eigenvalue weighted by Crippen LogP contribution is 2.27. The van der Waals surface area contributed by atoms with E-state index < -0.39 is 0 Å². The zero-order valence-corrected chi connectivity index (χ0v) is 10.6. The van der Waals surface area contributed by atoms with E-state index in [4.69, 9.17) is 0 Å².